The minimum atomic E-state index is -0.102. The first-order chi connectivity index (χ1) is 15.2. The summed E-state index contributed by atoms with van der Waals surface area (Å²) in [6, 6.07) is 15.8. The number of H-pyrrole nitrogens is 1. The largest absolute Gasteiger partial charge is 0.340 e. The Bertz CT molecular complexity index is 1200. The third kappa shape index (κ3) is 4.18. The van der Waals surface area contributed by atoms with Gasteiger partial charge in [0, 0.05) is 18.1 Å². The van der Waals surface area contributed by atoms with E-state index in [1.807, 2.05) is 41.3 Å². The van der Waals surface area contributed by atoms with E-state index in [-0.39, 0.29) is 11.9 Å². The normalized spacial score (nSPS) is 16.3. The lowest BCUT2D eigenvalue weighted by Crippen LogP contribution is -2.31. The average Bonchev–Trinajstić information content (AvgIpc) is 3.52. The van der Waals surface area contributed by atoms with E-state index in [9.17, 15) is 4.79 Å². The lowest BCUT2D eigenvalue weighted by molar-refractivity contribution is 0.0724. The van der Waals surface area contributed by atoms with Crippen LogP contribution in [0, 0.1) is 0 Å². The van der Waals surface area contributed by atoms with Crippen LogP contribution in [0.3, 0.4) is 0 Å². The van der Waals surface area contributed by atoms with Gasteiger partial charge in [-0.1, -0.05) is 47.1 Å². The van der Waals surface area contributed by atoms with Crippen LogP contribution in [0.25, 0.3) is 11.0 Å². The van der Waals surface area contributed by atoms with Gasteiger partial charge in [-0.25, -0.2) is 4.98 Å². The minimum Gasteiger partial charge on any atom is -0.340 e. The summed E-state index contributed by atoms with van der Waals surface area (Å²) >= 11 is 6.09. The zero-order chi connectivity index (χ0) is 21.2. The molecule has 0 bridgehead atoms. The topological polar surface area (TPSA) is 79.7 Å². The van der Waals surface area contributed by atoms with E-state index in [1.165, 1.54) is 5.56 Å². The fourth-order valence-corrected chi connectivity index (χ4v) is 4.37. The molecular weight excluding hydrogens is 412 g/mol. The monoisotopic (exact) mass is 434 g/mol. The molecule has 7 nitrogen and oxygen atoms in total. The number of aromatic amines is 1. The van der Waals surface area contributed by atoms with E-state index in [0.717, 1.165) is 49.1 Å². The maximum absolute atomic E-state index is 13.2. The van der Waals surface area contributed by atoms with Crippen molar-refractivity contribution < 1.29 is 4.79 Å². The Hall–Kier alpha value is -3.19. The molecule has 0 saturated carbocycles. The predicted octanol–water partition coefficient (Wildman–Crippen LogP) is 4.42. The second kappa shape index (κ2) is 8.51. The molecule has 8 heteroatoms. The number of amides is 1. The van der Waals surface area contributed by atoms with Crippen molar-refractivity contribution in [2.75, 3.05) is 6.54 Å². The van der Waals surface area contributed by atoms with Crippen molar-refractivity contribution in [3.8, 4) is 0 Å². The first kappa shape index (κ1) is 19.8. The van der Waals surface area contributed by atoms with Crippen LogP contribution in [-0.2, 0) is 13.0 Å². The van der Waals surface area contributed by atoms with E-state index in [4.69, 9.17) is 11.6 Å². The molecule has 0 unspecified atom stereocenters. The summed E-state index contributed by atoms with van der Waals surface area (Å²) in [7, 11) is 0. The van der Waals surface area contributed by atoms with E-state index in [1.54, 1.807) is 10.9 Å². The second-order valence-electron chi connectivity index (χ2n) is 7.90. The Labute approximate surface area is 185 Å². The minimum absolute atomic E-state index is 0.0955. The van der Waals surface area contributed by atoms with Crippen LogP contribution in [0.15, 0.2) is 54.7 Å². The number of imidazole rings is 1. The number of aromatic nitrogens is 5. The van der Waals surface area contributed by atoms with E-state index >= 15 is 0 Å². The highest BCUT2D eigenvalue weighted by molar-refractivity contribution is 6.31. The number of fused-ring (bicyclic) bond motifs is 1. The van der Waals surface area contributed by atoms with Crippen LogP contribution < -0.4 is 0 Å². The molecule has 1 saturated heterocycles. The fraction of sp³-hybridized carbons (Fsp3) is 0.304. The van der Waals surface area contributed by atoms with E-state index in [2.05, 4.69) is 32.4 Å². The first-order valence-electron chi connectivity index (χ1n) is 10.6. The van der Waals surface area contributed by atoms with Gasteiger partial charge in [0.25, 0.3) is 5.91 Å². The predicted molar refractivity (Wildman–Crippen MR) is 119 cm³/mol. The molecule has 1 aliphatic heterocycles. The number of nitrogens with zero attached hydrogens (tertiary/aromatic N) is 5. The lowest BCUT2D eigenvalue weighted by atomic mass is 10.1. The highest BCUT2D eigenvalue weighted by atomic mass is 35.5. The molecule has 0 aliphatic carbocycles. The summed E-state index contributed by atoms with van der Waals surface area (Å²) in [6.45, 7) is 1.41. The molecular formula is C23H23ClN6O. The van der Waals surface area contributed by atoms with Gasteiger partial charge in [0.15, 0.2) is 5.69 Å². The van der Waals surface area contributed by atoms with Gasteiger partial charge >= 0.3 is 0 Å². The number of rotatable bonds is 6. The zero-order valence-electron chi connectivity index (χ0n) is 17.0. The summed E-state index contributed by atoms with van der Waals surface area (Å²) in [5.41, 5.74) is 3.41. The molecule has 1 aliphatic rings. The number of benzene rings is 2. The number of halogens is 1. The third-order valence-corrected chi connectivity index (χ3v) is 5.98. The summed E-state index contributed by atoms with van der Waals surface area (Å²) in [4.78, 5) is 23.0. The maximum atomic E-state index is 13.2. The number of nitrogens with one attached hydrogen (secondary N) is 1. The van der Waals surface area contributed by atoms with Crippen molar-refractivity contribution in [1.29, 1.82) is 0 Å². The smallest absolute Gasteiger partial charge is 0.276 e. The molecule has 1 N–H and O–H groups in total. The number of hydrogen-bond acceptors (Lipinski definition) is 4. The van der Waals surface area contributed by atoms with Crippen LogP contribution in [0.2, 0.25) is 5.02 Å². The van der Waals surface area contributed by atoms with Crippen LogP contribution in [0.4, 0.5) is 0 Å². The molecule has 1 fully saturated rings. The quantitative estimate of drug-likeness (QED) is 0.487. The van der Waals surface area contributed by atoms with Crippen molar-refractivity contribution in [1.82, 2.24) is 29.9 Å². The Morgan fingerprint density at radius 2 is 2.06 bits per heavy atom. The molecule has 158 valence electrons. The first-order valence-corrected chi connectivity index (χ1v) is 11.0. The van der Waals surface area contributed by atoms with Crippen molar-refractivity contribution in [3.05, 3.63) is 76.8 Å². The van der Waals surface area contributed by atoms with Gasteiger partial charge in [0.1, 0.15) is 5.82 Å². The van der Waals surface area contributed by atoms with Gasteiger partial charge in [0.2, 0.25) is 0 Å². The van der Waals surface area contributed by atoms with Gasteiger partial charge in [-0.15, -0.1) is 5.10 Å². The van der Waals surface area contributed by atoms with Gasteiger partial charge in [-0.3, -0.25) is 9.48 Å². The molecule has 4 aromatic rings. The van der Waals surface area contributed by atoms with E-state index in [0.29, 0.717) is 17.3 Å². The summed E-state index contributed by atoms with van der Waals surface area (Å²) in [6.07, 6.45) is 5.45. The number of aryl methyl sites for hydroxylation is 2. The molecule has 1 amide bonds. The highest BCUT2D eigenvalue weighted by Crippen LogP contribution is 2.32. The van der Waals surface area contributed by atoms with Crippen molar-refractivity contribution in [3.63, 3.8) is 0 Å². The van der Waals surface area contributed by atoms with Crippen LogP contribution in [0.1, 0.15) is 47.2 Å². The van der Waals surface area contributed by atoms with Crippen molar-refractivity contribution in [2.45, 2.75) is 38.3 Å². The molecule has 0 spiro atoms. The van der Waals surface area contributed by atoms with Gasteiger partial charge < -0.3 is 9.88 Å². The fourth-order valence-electron chi connectivity index (χ4n) is 4.20. The second-order valence-corrected chi connectivity index (χ2v) is 8.33. The molecule has 5 rings (SSSR count). The standard InChI is InChI=1S/C23H23ClN6O/c24-17-10-11-18-19(14-17)26-22(25-18)21-9-5-13-30(21)23(31)20-15-29(28-27-20)12-4-8-16-6-2-1-3-7-16/h1-3,6-7,10-11,14-15,21H,4-5,8-9,12-13H2,(H,25,26)/t21-/m1/s1. The molecule has 2 aromatic carbocycles. The van der Waals surface area contributed by atoms with Crippen LogP contribution in [0.5, 0.6) is 0 Å². The van der Waals surface area contributed by atoms with Gasteiger partial charge in [-0.2, -0.15) is 0 Å². The Kier molecular flexibility index (Phi) is 5.42. The molecule has 0 radical (unpaired) electrons. The summed E-state index contributed by atoms with van der Waals surface area (Å²) in [5, 5.41) is 8.96. The number of hydrogen-bond donors (Lipinski definition) is 1. The number of carbonyl (C=O) groups is 1. The zero-order valence-corrected chi connectivity index (χ0v) is 17.8. The summed E-state index contributed by atoms with van der Waals surface area (Å²) < 4.78 is 1.75. The summed E-state index contributed by atoms with van der Waals surface area (Å²) in [5.74, 6) is 0.689. The Balaban J connectivity index is 1.26. The van der Waals surface area contributed by atoms with Crippen LogP contribution >= 0.6 is 11.6 Å². The Morgan fingerprint density at radius 3 is 2.94 bits per heavy atom. The average molecular weight is 435 g/mol. The lowest BCUT2D eigenvalue weighted by Gasteiger charge is -2.21. The number of carbonyl (C=O) groups excluding carboxylic acids is 1. The Morgan fingerprint density at radius 1 is 1.19 bits per heavy atom. The molecule has 3 heterocycles. The molecule has 31 heavy (non-hydrogen) atoms. The molecule has 2 aromatic heterocycles. The highest BCUT2D eigenvalue weighted by Gasteiger charge is 2.33. The van der Waals surface area contributed by atoms with Crippen molar-refractivity contribution >= 4 is 28.5 Å². The van der Waals surface area contributed by atoms with Gasteiger partial charge in [0.05, 0.1) is 23.3 Å². The van der Waals surface area contributed by atoms with Crippen LogP contribution in [-0.4, -0.2) is 42.3 Å². The third-order valence-electron chi connectivity index (χ3n) is 5.74. The van der Waals surface area contributed by atoms with Crippen molar-refractivity contribution in [2.24, 2.45) is 0 Å². The molecule has 1 atom stereocenters. The SMILES string of the molecule is O=C(c1cn(CCCc2ccccc2)nn1)N1CCC[C@@H]1c1nc2ccc(Cl)cc2[nH]1. The number of likely N-dealkylation sites (tertiary alicyclic amines) is 1. The maximum Gasteiger partial charge on any atom is 0.276 e. The van der Waals surface area contributed by atoms with Gasteiger partial charge in [-0.05, 0) is 49.4 Å². The van der Waals surface area contributed by atoms with E-state index < -0.39 is 0 Å².